The van der Waals surface area contributed by atoms with Gasteiger partial charge < -0.3 is 4.74 Å². The lowest BCUT2D eigenvalue weighted by Gasteiger charge is -2.31. The van der Waals surface area contributed by atoms with Gasteiger partial charge in [-0.15, -0.1) is 0 Å². The minimum Gasteiger partial charge on any atom is -0.443 e. The molecule has 1 saturated heterocycles. The minimum absolute atomic E-state index is 0.244. The Morgan fingerprint density at radius 3 is 2.59 bits per heavy atom. The molecule has 1 aromatic rings. The second kappa shape index (κ2) is 7.30. The van der Waals surface area contributed by atoms with Crippen molar-refractivity contribution in [1.29, 1.82) is 0 Å². The number of carbonyl (C=O) groups is 1. The number of ether oxygens (including phenoxy) is 1. The zero-order chi connectivity index (χ0) is 16.0. The molecule has 1 heterocycles. The first-order chi connectivity index (χ1) is 10.5. The average molecular weight is 299 g/mol. The second-order valence-corrected chi connectivity index (χ2v) is 6.52. The van der Waals surface area contributed by atoms with Crippen LogP contribution in [0.5, 0.6) is 0 Å². The van der Waals surface area contributed by atoms with E-state index in [0.717, 1.165) is 37.1 Å². The SMILES string of the molecule is CC(C)(C)OC(=O)N1CCCC/C1=C\C=C\c1ccccc1. The summed E-state index contributed by atoms with van der Waals surface area (Å²) in [7, 11) is 0. The number of rotatable bonds is 2. The highest BCUT2D eigenvalue weighted by molar-refractivity contribution is 5.71. The number of allylic oxidation sites excluding steroid dienone is 3. The van der Waals surface area contributed by atoms with Gasteiger partial charge in [0.15, 0.2) is 0 Å². The quantitative estimate of drug-likeness (QED) is 0.768. The standard InChI is InChI=1S/C19H25NO2/c1-19(2,3)22-18(21)20-15-8-7-13-17(20)14-9-12-16-10-5-4-6-11-16/h4-6,9-12,14H,7-8,13,15H2,1-3H3/b12-9+,17-14+. The molecule has 0 N–H and O–H groups in total. The maximum atomic E-state index is 12.3. The highest BCUT2D eigenvalue weighted by Gasteiger charge is 2.26. The Morgan fingerprint density at radius 2 is 1.91 bits per heavy atom. The van der Waals surface area contributed by atoms with Crippen molar-refractivity contribution >= 4 is 12.2 Å². The number of benzene rings is 1. The van der Waals surface area contributed by atoms with Crippen LogP contribution >= 0.6 is 0 Å². The van der Waals surface area contributed by atoms with Gasteiger partial charge in [-0.2, -0.15) is 0 Å². The summed E-state index contributed by atoms with van der Waals surface area (Å²) in [5, 5.41) is 0. The van der Waals surface area contributed by atoms with Crippen molar-refractivity contribution in [3.05, 3.63) is 53.7 Å². The molecule has 0 atom stereocenters. The van der Waals surface area contributed by atoms with Gasteiger partial charge in [0.05, 0.1) is 0 Å². The molecule has 1 aliphatic heterocycles. The van der Waals surface area contributed by atoms with Crippen LogP contribution in [0.1, 0.15) is 45.6 Å². The second-order valence-electron chi connectivity index (χ2n) is 6.52. The molecular formula is C19H25NO2. The summed E-state index contributed by atoms with van der Waals surface area (Å²) in [6.45, 7) is 6.43. The van der Waals surface area contributed by atoms with Gasteiger partial charge in [-0.3, -0.25) is 4.90 Å². The van der Waals surface area contributed by atoms with Gasteiger partial charge in [-0.05, 0) is 51.7 Å². The minimum atomic E-state index is -0.459. The smallest absolute Gasteiger partial charge is 0.414 e. The number of amides is 1. The largest absolute Gasteiger partial charge is 0.443 e. The van der Waals surface area contributed by atoms with Crippen molar-refractivity contribution in [2.45, 2.75) is 45.6 Å². The number of piperidine rings is 1. The van der Waals surface area contributed by atoms with Crippen LogP contribution in [-0.4, -0.2) is 23.1 Å². The Bertz CT molecular complexity index is 553. The fraction of sp³-hybridized carbons (Fsp3) is 0.421. The Hall–Kier alpha value is -2.03. The summed E-state index contributed by atoms with van der Waals surface area (Å²) in [6, 6.07) is 10.1. The van der Waals surface area contributed by atoms with Crippen LogP contribution in [0.2, 0.25) is 0 Å². The number of likely N-dealkylation sites (tertiary alicyclic amines) is 1. The highest BCUT2D eigenvalue weighted by atomic mass is 16.6. The van der Waals surface area contributed by atoms with Crippen LogP contribution < -0.4 is 0 Å². The molecule has 1 aromatic carbocycles. The van der Waals surface area contributed by atoms with Crippen LogP contribution in [0.15, 0.2) is 48.2 Å². The molecule has 0 bridgehead atoms. The molecule has 1 fully saturated rings. The fourth-order valence-electron chi connectivity index (χ4n) is 2.39. The highest BCUT2D eigenvalue weighted by Crippen LogP contribution is 2.23. The van der Waals surface area contributed by atoms with E-state index in [-0.39, 0.29) is 6.09 Å². The molecule has 1 aliphatic rings. The number of nitrogens with zero attached hydrogens (tertiary/aromatic N) is 1. The fourth-order valence-corrected chi connectivity index (χ4v) is 2.39. The zero-order valence-corrected chi connectivity index (χ0v) is 13.7. The lowest BCUT2D eigenvalue weighted by atomic mass is 10.1. The van der Waals surface area contributed by atoms with E-state index in [2.05, 4.69) is 18.2 Å². The third kappa shape index (κ3) is 5.06. The van der Waals surface area contributed by atoms with Gasteiger partial charge in [-0.25, -0.2) is 4.79 Å². The monoisotopic (exact) mass is 299 g/mol. The van der Waals surface area contributed by atoms with Crippen LogP contribution in [0.4, 0.5) is 4.79 Å². The van der Waals surface area contributed by atoms with E-state index in [1.54, 1.807) is 4.90 Å². The molecule has 0 aliphatic carbocycles. The molecule has 0 aromatic heterocycles. The Labute approximate surface area is 133 Å². The molecule has 0 spiro atoms. The molecule has 0 radical (unpaired) electrons. The molecular weight excluding hydrogens is 274 g/mol. The van der Waals surface area contributed by atoms with E-state index in [9.17, 15) is 4.79 Å². The predicted octanol–water partition coefficient (Wildman–Crippen LogP) is 5.00. The maximum absolute atomic E-state index is 12.3. The van der Waals surface area contributed by atoms with Gasteiger partial charge in [0, 0.05) is 12.2 Å². The van der Waals surface area contributed by atoms with Crippen molar-refractivity contribution in [3.8, 4) is 0 Å². The Morgan fingerprint density at radius 1 is 1.18 bits per heavy atom. The molecule has 3 nitrogen and oxygen atoms in total. The summed E-state index contributed by atoms with van der Waals surface area (Å²) in [5.41, 5.74) is 1.73. The summed E-state index contributed by atoms with van der Waals surface area (Å²) in [4.78, 5) is 14.1. The summed E-state index contributed by atoms with van der Waals surface area (Å²) in [6.07, 6.45) is 8.89. The van der Waals surface area contributed by atoms with E-state index >= 15 is 0 Å². The maximum Gasteiger partial charge on any atom is 0.414 e. The van der Waals surface area contributed by atoms with Crippen LogP contribution in [0.3, 0.4) is 0 Å². The Balaban J connectivity index is 2.07. The van der Waals surface area contributed by atoms with Crippen LogP contribution in [0.25, 0.3) is 6.08 Å². The van der Waals surface area contributed by atoms with Gasteiger partial charge in [0.2, 0.25) is 0 Å². The third-order valence-electron chi connectivity index (χ3n) is 3.40. The van der Waals surface area contributed by atoms with Crippen molar-refractivity contribution in [3.63, 3.8) is 0 Å². The summed E-state index contributed by atoms with van der Waals surface area (Å²) in [5.74, 6) is 0. The summed E-state index contributed by atoms with van der Waals surface area (Å²) >= 11 is 0. The van der Waals surface area contributed by atoms with Gasteiger partial charge in [0.25, 0.3) is 0 Å². The molecule has 3 heteroatoms. The normalized spacial score (nSPS) is 18.0. The number of hydrogen-bond acceptors (Lipinski definition) is 2. The van der Waals surface area contributed by atoms with Crippen molar-refractivity contribution in [2.75, 3.05) is 6.54 Å². The molecule has 0 saturated carbocycles. The molecule has 118 valence electrons. The molecule has 1 amide bonds. The van der Waals surface area contributed by atoms with Crippen molar-refractivity contribution in [2.24, 2.45) is 0 Å². The summed E-state index contributed by atoms with van der Waals surface area (Å²) < 4.78 is 5.49. The zero-order valence-electron chi connectivity index (χ0n) is 13.7. The number of carbonyl (C=O) groups excluding carboxylic acids is 1. The van der Waals surface area contributed by atoms with Gasteiger partial charge in [0.1, 0.15) is 5.60 Å². The first-order valence-corrected chi connectivity index (χ1v) is 7.88. The predicted molar refractivity (Wildman–Crippen MR) is 90.4 cm³/mol. The van der Waals surface area contributed by atoms with E-state index < -0.39 is 5.60 Å². The Kier molecular flexibility index (Phi) is 5.42. The van der Waals surface area contributed by atoms with E-state index in [1.165, 1.54) is 0 Å². The molecule has 0 unspecified atom stereocenters. The first-order valence-electron chi connectivity index (χ1n) is 7.88. The topological polar surface area (TPSA) is 29.5 Å². The molecule has 2 rings (SSSR count). The third-order valence-corrected chi connectivity index (χ3v) is 3.40. The van der Waals surface area contributed by atoms with Crippen molar-refractivity contribution in [1.82, 2.24) is 4.90 Å². The van der Waals surface area contributed by atoms with E-state index in [4.69, 9.17) is 4.74 Å². The van der Waals surface area contributed by atoms with Crippen LogP contribution in [-0.2, 0) is 4.74 Å². The van der Waals surface area contributed by atoms with E-state index in [0.29, 0.717) is 0 Å². The average Bonchev–Trinajstić information content (AvgIpc) is 2.47. The lowest BCUT2D eigenvalue weighted by molar-refractivity contribution is 0.0286. The van der Waals surface area contributed by atoms with Gasteiger partial charge in [-0.1, -0.05) is 42.5 Å². The first kappa shape index (κ1) is 16.3. The molecule has 22 heavy (non-hydrogen) atoms. The number of hydrogen-bond donors (Lipinski definition) is 0. The lowest BCUT2D eigenvalue weighted by Crippen LogP contribution is -2.38. The van der Waals surface area contributed by atoms with Crippen LogP contribution in [0, 0.1) is 0 Å². The van der Waals surface area contributed by atoms with Gasteiger partial charge >= 0.3 is 6.09 Å². The van der Waals surface area contributed by atoms with Crippen molar-refractivity contribution < 1.29 is 9.53 Å². The van der Waals surface area contributed by atoms with E-state index in [1.807, 2.05) is 51.1 Å².